The molecule has 1 N–H and O–H groups in total. The second kappa shape index (κ2) is 12.0. The van der Waals surface area contributed by atoms with Gasteiger partial charge in [0.15, 0.2) is 0 Å². The lowest BCUT2D eigenvalue weighted by atomic mass is 10.1. The van der Waals surface area contributed by atoms with Crippen LogP contribution >= 0.6 is 0 Å². The second-order valence-electron chi connectivity index (χ2n) is 4.37. The van der Waals surface area contributed by atoms with Crippen molar-refractivity contribution in [3.63, 3.8) is 0 Å². The minimum atomic E-state index is 0.342. The Balaban J connectivity index is 2.92. The zero-order chi connectivity index (χ0) is 11.4. The lowest BCUT2D eigenvalue weighted by Gasteiger charge is -2.10. The number of rotatable bonds is 11. The molecule has 0 aliphatic heterocycles. The Bertz CT molecular complexity index is 117. The molecule has 0 aromatic rings. The molecule has 92 valence electrons. The Morgan fingerprint density at radius 1 is 1.00 bits per heavy atom. The molecule has 0 radical (unpaired) electrons. The van der Waals surface area contributed by atoms with Crippen LogP contribution in [0.4, 0.5) is 0 Å². The summed E-state index contributed by atoms with van der Waals surface area (Å²) in [6, 6.07) is 0. The Morgan fingerprint density at radius 3 is 2.20 bits per heavy atom. The Kier molecular flexibility index (Phi) is 11.9. The Morgan fingerprint density at radius 2 is 1.60 bits per heavy atom. The molecule has 0 heterocycles. The first kappa shape index (κ1) is 14.9. The predicted octanol–water partition coefficient (Wildman–Crippen LogP) is 3.36. The van der Waals surface area contributed by atoms with Gasteiger partial charge in [-0.25, -0.2) is 0 Å². The van der Waals surface area contributed by atoms with Crippen LogP contribution in [0.1, 0.15) is 58.8 Å². The fourth-order valence-electron chi connectivity index (χ4n) is 1.60. The van der Waals surface area contributed by atoms with Gasteiger partial charge in [0.1, 0.15) is 0 Å². The molecule has 15 heavy (non-hydrogen) atoms. The third kappa shape index (κ3) is 11.8. The van der Waals surface area contributed by atoms with Gasteiger partial charge >= 0.3 is 0 Å². The van der Waals surface area contributed by atoms with Gasteiger partial charge in [0.2, 0.25) is 0 Å². The van der Waals surface area contributed by atoms with E-state index < -0.39 is 0 Å². The van der Waals surface area contributed by atoms with Crippen molar-refractivity contribution in [3.05, 3.63) is 0 Å². The number of methoxy groups -OCH3 is 1. The van der Waals surface area contributed by atoms with Gasteiger partial charge in [-0.05, 0) is 19.9 Å². The van der Waals surface area contributed by atoms with Crippen molar-refractivity contribution < 1.29 is 4.74 Å². The average molecular weight is 215 g/mol. The van der Waals surface area contributed by atoms with E-state index in [-0.39, 0.29) is 0 Å². The zero-order valence-electron chi connectivity index (χ0n) is 10.8. The standard InChI is InChI=1S/C13H29NO/c1-4-5-6-7-8-9-10-11-14-12-13(2)15-3/h13-14H,4-12H2,1-3H3. The van der Waals surface area contributed by atoms with Crippen LogP contribution in [0.5, 0.6) is 0 Å². The van der Waals surface area contributed by atoms with Gasteiger partial charge in [0, 0.05) is 13.7 Å². The van der Waals surface area contributed by atoms with Crippen molar-refractivity contribution in [3.8, 4) is 0 Å². The smallest absolute Gasteiger partial charge is 0.0667 e. The first-order chi connectivity index (χ1) is 7.31. The predicted molar refractivity (Wildman–Crippen MR) is 67.3 cm³/mol. The summed E-state index contributed by atoms with van der Waals surface area (Å²) in [6.45, 7) is 6.48. The minimum Gasteiger partial charge on any atom is -0.380 e. The highest BCUT2D eigenvalue weighted by Gasteiger charge is 1.96. The molecule has 0 aromatic heterocycles. The summed E-state index contributed by atoms with van der Waals surface area (Å²) in [4.78, 5) is 0. The molecule has 0 saturated carbocycles. The Labute approximate surface area is 95.8 Å². The van der Waals surface area contributed by atoms with Crippen LogP contribution in [-0.2, 0) is 4.74 Å². The summed E-state index contributed by atoms with van der Waals surface area (Å²) in [7, 11) is 1.76. The van der Waals surface area contributed by atoms with Gasteiger partial charge in [-0.1, -0.05) is 45.4 Å². The summed E-state index contributed by atoms with van der Waals surface area (Å²) in [5.41, 5.74) is 0. The lowest BCUT2D eigenvalue weighted by Crippen LogP contribution is -2.26. The largest absolute Gasteiger partial charge is 0.380 e. The topological polar surface area (TPSA) is 21.3 Å². The molecular weight excluding hydrogens is 186 g/mol. The van der Waals surface area contributed by atoms with Gasteiger partial charge in [-0.2, -0.15) is 0 Å². The highest BCUT2D eigenvalue weighted by Crippen LogP contribution is 2.06. The quantitative estimate of drug-likeness (QED) is 0.534. The van der Waals surface area contributed by atoms with E-state index in [1.54, 1.807) is 7.11 Å². The van der Waals surface area contributed by atoms with Gasteiger partial charge in [-0.15, -0.1) is 0 Å². The van der Waals surface area contributed by atoms with Crippen LogP contribution < -0.4 is 5.32 Å². The third-order valence-corrected chi connectivity index (χ3v) is 2.79. The molecule has 1 atom stereocenters. The molecule has 0 rings (SSSR count). The first-order valence-corrected chi connectivity index (χ1v) is 6.54. The fraction of sp³-hybridized carbons (Fsp3) is 1.00. The van der Waals surface area contributed by atoms with E-state index in [1.165, 1.54) is 44.9 Å². The van der Waals surface area contributed by atoms with Crippen LogP contribution in [0.3, 0.4) is 0 Å². The van der Waals surface area contributed by atoms with E-state index in [9.17, 15) is 0 Å². The maximum atomic E-state index is 5.16. The van der Waals surface area contributed by atoms with E-state index in [2.05, 4.69) is 19.2 Å². The monoisotopic (exact) mass is 215 g/mol. The molecule has 2 heteroatoms. The number of hydrogen-bond donors (Lipinski definition) is 1. The molecule has 0 saturated heterocycles. The number of unbranched alkanes of at least 4 members (excludes halogenated alkanes) is 6. The maximum absolute atomic E-state index is 5.16. The highest BCUT2D eigenvalue weighted by atomic mass is 16.5. The fourth-order valence-corrected chi connectivity index (χ4v) is 1.60. The lowest BCUT2D eigenvalue weighted by molar-refractivity contribution is 0.117. The number of nitrogens with one attached hydrogen (secondary N) is 1. The van der Waals surface area contributed by atoms with Crippen LogP contribution in [0.2, 0.25) is 0 Å². The number of hydrogen-bond acceptors (Lipinski definition) is 2. The van der Waals surface area contributed by atoms with Gasteiger partial charge in [-0.3, -0.25) is 0 Å². The minimum absolute atomic E-state index is 0.342. The molecule has 0 amide bonds. The molecule has 2 nitrogen and oxygen atoms in total. The van der Waals surface area contributed by atoms with Crippen LogP contribution in [0, 0.1) is 0 Å². The molecule has 0 aliphatic carbocycles. The average Bonchev–Trinajstić information content (AvgIpc) is 2.26. The van der Waals surface area contributed by atoms with Crippen molar-refractivity contribution in [1.29, 1.82) is 0 Å². The van der Waals surface area contributed by atoms with E-state index >= 15 is 0 Å². The normalized spacial score (nSPS) is 13.0. The summed E-state index contributed by atoms with van der Waals surface area (Å²) in [5, 5.41) is 3.41. The second-order valence-corrected chi connectivity index (χ2v) is 4.37. The SMILES string of the molecule is CCCCCCCCCNCC(C)OC. The molecule has 1 unspecified atom stereocenters. The van der Waals surface area contributed by atoms with Crippen LogP contribution in [-0.4, -0.2) is 26.3 Å². The molecule has 0 fully saturated rings. The molecule has 0 spiro atoms. The summed E-state index contributed by atoms with van der Waals surface area (Å²) in [5.74, 6) is 0. The summed E-state index contributed by atoms with van der Waals surface area (Å²) >= 11 is 0. The summed E-state index contributed by atoms with van der Waals surface area (Å²) < 4.78 is 5.16. The van der Waals surface area contributed by atoms with Crippen molar-refractivity contribution in [2.24, 2.45) is 0 Å². The Hall–Kier alpha value is -0.0800. The molecule has 0 bridgehead atoms. The van der Waals surface area contributed by atoms with Crippen LogP contribution in [0.25, 0.3) is 0 Å². The van der Waals surface area contributed by atoms with Gasteiger partial charge in [0.25, 0.3) is 0 Å². The highest BCUT2D eigenvalue weighted by molar-refractivity contribution is 4.55. The van der Waals surface area contributed by atoms with Crippen molar-refractivity contribution in [2.45, 2.75) is 64.9 Å². The van der Waals surface area contributed by atoms with Crippen LogP contribution in [0.15, 0.2) is 0 Å². The number of ether oxygens (including phenoxy) is 1. The molecule has 0 aromatic carbocycles. The van der Waals surface area contributed by atoms with Gasteiger partial charge < -0.3 is 10.1 Å². The van der Waals surface area contributed by atoms with E-state index in [0.717, 1.165) is 13.1 Å². The third-order valence-electron chi connectivity index (χ3n) is 2.79. The molecular formula is C13H29NO. The van der Waals surface area contributed by atoms with E-state index in [4.69, 9.17) is 4.74 Å². The first-order valence-electron chi connectivity index (χ1n) is 6.54. The maximum Gasteiger partial charge on any atom is 0.0667 e. The molecule has 0 aliphatic rings. The van der Waals surface area contributed by atoms with E-state index in [0.29, 0.717) is 6.10 Å². The summed E-state index contributed by atoms with van der Waals surface area (Å²) in [6.07, 6.45) is 10.0. The van der Waals surface area contributed by atoms with E-state index in [1.807, 2.05) is 0 Å². The van der Waals surface area contributed by atoms with Crippen molar-refractivity contribution in [2.75, 3.05) is 20.2 Å². The van der Waals surface area contributed by atoms with Gasteiger partial charge in [0.05, 0.1) is 6.10 Å². The zero-order valence-corrected chi connectivity index (χ0v) is 10.8. The van der Waals surface area contributed by atoms with Crippen molar-refractivity contribution in [1.82, 2.24) is 5.32 Å². The van der Waals surface area contributed by atoms with Crippen molar-refractivity contribution >= 4 is 0 Å².